The van der Waals surface area contributed by atoms with Gasteiger partial charge in [0.15, 0.2) is 5.78 Å². The van der Waals surface area contributed by atoms with E-state index in [0.717, 1.165) is 11.8 Å². The average Bonchev–Trinajstić information content (AvgIpc) is 2.71. The van der Waals surface area contributed by atoms with Crippen LogP contribution in [0.3, 0.4) is 0 Å². The van der Waals surface area contributed by atoms with E-state index >= 15 is 0 Å². The number of benzene rings is 1. The van der Waals surface area contributed by atoms with Crippen LogP contribution >= 0.6 is 0 Å². The van der Waals surface area contributed by atoms with Crippen molar-refractivity contribution in [1.82, 2.24) is 9.88 Å². The molecule has 0 radical (unpaired) electrons. The number of pyridine rings is 1. The highest BCUT2D eigenvalue weighted by molar-refractivity contribution is 5.97. The Labute approximate surface area is 168 Å². The Morgan fingerprint density at radius 2 is 1.90 bits per heavy atom. The van der Waals surface area contributed by atoms with Gasteiger partial charge in [-0.15, -0.1) is 0 Å². The monoisotopic (exact) mass is 398 g/mol. The summed E-state index contributed by atoms with van der Waals surface area (Å²) in [4.78, 5) is 31.4. The smallest absolute Gasteiger partial charge is 0.410 e. The summed E-state index contributed by atoms with van der Waals surface area (Å²) in [6.45, 7) is 2.63. The largest absolute Gasteiger partial charge is 0.445 e. The third-order valence-electron chi connectivity index (χ3n) is 5.59. The summed E-state index contributed by atoms with van der Waals surface area (Å²) in [7, 11) is 0. The summed E-state index contributed by atoms with van der Waals surface area (Å²) in [5.41, 5.74) is 1.75. The van der Waals surface area contributed by atoms with Crippen LogP contribution in [0.15, 0.2) is 42.6 Å². The number of ketones is 1. The number of morpholine rings is 1. The molecule has 2 aliphatic heterocycles. The van der Waals surface area contributed by atoms with Crippen molar-refractivity contribution in [3.05, 3.63) is 65.2 Å². The highest BCUT2D eigenvalue weighted by atomic mass is 19.1. The summed E-state index contributed by atoms with van der Waals surface area (Å²) in [6, 6.07) is 10.4. The molecule has 0 aliphatic carbocycles. The molecule has 4 rings (SSSR count). The second-order valence-electron chi connectivity index (χ2n) is 7.64. The van der Waals surface area contributed by atoms with Gasteiger partial charge >= 0.3 is 6.09 Å². The summed E-state index contributed by atoms with van der Waals surface area (Å²) < 4.78 is 24.5. The number of carbonyl (C=O) groups is 2. The molecule has 2 saturated heterocycles. The summed E-state index contributed by atoms with van der Waals surface area (Å²) in [5.74, 6) is -0.833. The Kier molecular flexibility index (Phi) is 5.58. The zero-order valence-electron chi connectivity index (χ0n) is 16.2. The van der Waals surface area contributed by atoms with E-state index in [9.17, 15) is 14.0 Å². The second-order valence-corrected chi connectivity index (χ2v) is 7.64. The SMILES string of the molecule is Cc1cc(F)cnc1C(=O)C1CC2COCC(C1)N2C(=O)OCc1ccccc1. The normalized spacial score (nSPS) is 23.5. The maximum atomic E-state index is 13.3. The minimum atomic E-state index is -0.458. The van der Waals surface area contributed by atoms with Crippen LogP contribution in [0.5, 0.6) is 0 Å². The highest BCUT2D eigenvalue weighted by Crippen LogP contribution is 2.34. The fourth-order valence-electron chi connectivity index (χ4n) is 4.21. The van der Waals surface area contributed by atoms with Crippen LogP contribution in [-0.4, -0.2) is 47.1 Å². The number of piperidine rings is 1. The number of Topliss-reactive ketones (excluding diaryl/α,β-unsaturated/α-hetero) is 1. The van der Waals surface area contributed by atoms with Gasteiger partial charge in [-0.05, 0) is 37.0 Å². The van der Waals surface area contributed by atoms with Crippen molar-refractivity contribution in [2.75, 3.05) is 13.2 Å². The first-order valence-corrected chi connectivity index (χ1v) is 9.76. The van der Waals surface area contributed by atoms with Crippen molar-refractivity contribution in [3.63, 3.8) is 0 Å². The van der Waals surface area contributed by atoms with Crippen LogP contribution in [-0.2, 0) is 16.1 Å². The van der Waals surface area contributed by atoms with Gasteiger partial charge in [0, 0.05) is 5.92 Å². The summed E-state index contributed by atoms with van der Waals surface area (Å²) in [6.07, 6.45) is 1.65. The van der Waals surface area contributed by atoms with Crippen LogP contribution in [0.1, 0.15) is 34.5 Å². The number of fused-ring (bicyclic) bond motifs is 2. The lowest BCUT2D eigenvalue weighted by molar-refractivity contribution is -0.0756. The molecule has 1 aromatic heterocycles. The number of aryl methyl sites for hydroxylation is 1. The van der Waals surface area contributed by atoms with Gasteiger partial charge in [-0.1, -0.05) is 30.3 Å². The molecule has 7 heteroatoms. The molecule has 152 valence electrons. The predicted octanol–water partition coefficient (Wildman–Crippen LogP) is 3.53. The minimum Gasteiger partial charge on any atom is -0.445 e. The van der Waals surface area contributed by atoms with Gasteiger partial charge in [-0.2, -0.15) is 0 Å². The summed E-state index contributed by atoms with van der Waals surface area (Å²) in [5, 5.41) is 0. The van der Waals surface area contributed by atoms with Gasteiger partial charge < -0.3 is 9.47 Å². The number of rotatable bonds is 4. The molecule has 2 bridgehead atoms. The molecule has 2 unspecified atom stereocenters. The van der Waals surface area contributed by atoms with Crippen molar-refractivity contribution < 1.29 is 23.5 Å². The third-order valence-corrected chi connectivity index (χ3v) is 5.59. The Balaban J connectivity index is 1.44. The minimum absolute atomic E-state index is 0.100. The maximum absolute atomic E-state index is 13.3. The molecule has 1 amide bonds. The van der Waals surface area contributed by atoms with Crippen LogP contribution in [0.25, 0.3) is 0 Å². The fourth-order valence-corrected chi connectivity index (χ4v) is 4.21. The Bertz CT molecular complexity index is 891. The number of hydrogen-bond donors (Lipinski definition) is 0. The van der Waals surface area contributed by atoms with Crippen molar-refractivity contribution in [2.24, 2.45) is 5.92 Å². The van der Waals surface area contributed by atoms with Crippen molar-refractivity contribution in [1.29, 1.82) is 0 Å². The molecule has 0 spiro atoms. The van der Waals surface area contributed by atoms with Crippen molar-refractivity contribution in [2.45, 2.75) is 38.5 Å². The average molecular weight is 398 g/mol. The number of nitrogens with zero attached hydrogens (tertiary/aromatic N) is 2. The number of aromatic nitrogens is 1. The lowest BCUT2D eigenvalue weighted by atomic mass is 9.81. The molecular formula is C22H23FN2O4. The number of carbonyl (C=O) groups excluding carboxylic acids is 2. The molecule has 0 saturated carbocycles. The van der Waals surface area contributed by atoms with E-state index in [0.29, 0.717) is 37.3 Å². The lowest BCUT2D eigenvalue weighted by Gasteiger charge is -2.47. The number of hydrogen-bond acceptors (Lipinski definition) is 5. The summed E-state index contributed by atoms with van der Waals surface area (Å²) >= 11 is 0. The molecule has 6 nitrogen and oxygen atoms in total. The zero-order valence-corrected chi connectivity index (χ0v) is 16.2. The molecule has 29 heavy (non-hydrogen) atoms. The first kappa shape index (κ1) is 19.5. The quantitative estimate of drug-likeness (QED) is 0.737. The van der Waals surface area contributed by atoms with Gasteiger partial charge in [-0.25, -0.2) is 14.2 Å². The van der Waals surface area contributed by atoms with Gasteiger partial charge in [0.1, 0.15) is 18.1 Å². The van der Waals surface area contributed by atoms with E-state index in [-0.39, 0.29) is 36.5 Å². The standard InChI is InChI=1S/C22H23FN2O4/c1-14-7-17(23)10-24-20(14)21(26)16-8-18-12-28-13-19(9-16)25(18)22(27)29-11-15-5-3-2-4-6-15/h2-7,10,16,18-19H,8-9,11-13H2,1H3. The Morgan fingerprint density at radius 1 is 1.21 bits per heavy atom. The number of halogens is 1. The van der Waals surface area contributed by atoms with E-state index in [2.05, 4.69) is 4.98 Å². The molecule has 0 N–H and O–H groups in total. The van der Waals surface area contributed by atoms with Crippen LogP contribution in [0.2, 0.25) is 0 Å². The molecular weight excluding hydrogens is 375 g/mol. The van der Waals surface area contributed by atoms with Gasteiger partial charge in [0.2, 0.25) is 0 Å². The van der Waals surface area contributed by atoms with Crippen LogP contribution in [0, 0.1) is 18.7 Å². The van der Waals surface area contributed by atoms with E-state index in [4.69, 9.17) is 9.47 Å². The van der Waals surface area contributed by atoms with E-state index in [1.165, 1.54) is 6.07 Å². The van der Waals surface area contributed by atoms with Gasteiger partial charge in [0.05, 0.1) is 31.5 Å². The topological polar surface area (TPSA) is 68.7 Å². The lowest BCUT2D eigenvalue weighted by Crippen LogP contribution is -2.60. The number of amides is 1. The predicted molar refractivity (Wildman–Crippen MR) is 103 cm³/mol. The molecule has 2 aliphatic rings. The third kappa shape index (κ3) is 4.15. The highest BCUT2D eigenvalue weighted by Gasteiger charge is 2.44. The fraction of sp³-hybridized carbons (Fsp3) is 0.409. The molecule has 1 aromatic carbocycles. The molecule has 2 fully saturated rings. The van der Waals surface area contributed by atoms with E-state index < -0.39 is 5.82 Å². The zero-order chi connectivity index (χ0) is 20.4. The molecule has 2 atom stereocenters. The van der Waals surface area contributed by atoms with Gasteiger partial charge in [-0.3, -0.25) is 9.69 Å². The van der Waals surface area contributed by atoms with Crippen molar-refractivity contribution >= 4 is 11.9 Å². The Hall–Kier alpha value is -2.80. The number of ether oxygens (including phenoxy) is 2. The van der Waals surface area contributed by atoms with Gasteiger partial charge in [0.25, 0.3) is 0 Å². The first-order valence-electron chi connectivity index (χ1n) is 9.76. The van der Waals surface area contributed by atoms with Crippen LogP contribution < -0.4 is 0 Å². The maximum Gasteiger partial charge on any atom is 0.410 e. The Morgan fingerprint density at radius 3 is 2.55 bits per heavy atom. The van der Waals surface area contributed by atoms with Crippen molar-refractivity contribution in [3.8, 4) is 0 Å². The first-order chi connectivity index (χ1) is 14.0. The molecule has 3 heterocycles. The second kappa shape index (κ2) is 8.29. The van der Waals surface area contributed by atoms with Crippen LogP contribution in [0.4, 0.5) is 9.18 Å². The van der Waals surface area contributed by atoms with E-state index in [1.54, 1.807) is 11.8 Å². The van der Waals surface area contributed by atoms with E-state index in [1.807, 2.05) is 30.3 Å². The molecule has 2 aromatic rings.